The molecule has 3 N–H and O–H groups in total. The Balaban J connectivity index is 2.44. The zero-order chi connectivity index (χ0) is 16.8. The summed E-state index contributed by atoms with van der Waals surface area (Å²) in [5.74, 6) is -0.534. The van der Waals surface area contributed by atoms with Crippen LogP contribution in [0.4, 0.5) is 5.69 Å². The second-order valence-corrected chi connectivity index (χ2v) is 6.77. The molecule has 0 saturated carbocycles. The number of nitrogens with two attached hydrogens (primary N) is 1. The molecule has 0 atom stereocenters. The highest BCUT2D eigenvalue weighted by Gasteiger charge is 2.10. The molecule has 0 aliphatic rings. The molecule has 0 aliphatic heterocycles. The van der Waals surface area contributed by atoms with Crippen molar-refractivity contribution in [2.24, 2.45) is 11.1 Å². The fourth-order valence-corrected chi connectivity index (χ4v) is 2.07. The maximum Gasteiger partial charge on any atom is 0.306 e. The number of nitrogens with one attached hydrogen (secondary N) is 1. The summed E-state index contributed by atoms with van der Waals surface area (Å²) in [5.41, 5.74) is 0.385. The molecule has 1 aromatic carbocycles. The molecular weight excluding hydrogens is 308 g/mol. The first kappa shape index (κ1) is 18.1. The van der Waals surface area contributed by atoms with Gasteiger partial charge in [-0.3, -0.25) is 9.59 Å². The lowest BCUT2D eigenvalue weighted by Gasteiger charge is -2.08. The maximum atomic E-state index is 11.6. The highest BCUT2D eigenvalue weighted by molar-refractivity contribution is 7.89. The van der Waals surface area contributed by atoms with Gasteiger partial charge in [-0.15, -0.1) is 0 Å². The molecule has 1 amide bonds. The van der Waals surface area contributed by atoms with E-state index in [4.69, 9.17) is 9.88 Å². The molecule has 0 bridgehead atoms. The van der Waals surface area contributed by atoms with Crippen LogP contribution in [-0.4, -0.2) is 26.9 Å². The van der Waals surface area contributed by atoms with Crippen LogP contribution >= 0.6 is 0 Å². The van der Waals surface area contributed by atoms with Gasteiger partial charge in [-0.1, -0.05) is 13.8 Å². The van der Waals surface area contributed by atoms with Crippen molar-refractivity contribution in [2.75, 3.05) is 11.9 Å². The summed E-state index contributed by atoms with van der Waals surface area (Å²) in [6.45, 7) is 3.60. The lowest BCUT2D eigenvalue weighted by molar-refractivity contribution is -0.147. The summed E-state index contributed by atoms with van der Waals surface area (Å²) in [4.78, 5) is 22.9. The van der Waals surface area contributed by atoms with E-state index in [0.717, 1.165) is 0 Å². The topological polar surface area (TPSA) is 116 Å². The summed E-state index contributed by atoms with van der Waals surface area (Å²) in [6, 6.07) is 5.36. The number of carbonyl (C=O) groups is 2. The standard InChI is InChI=1S/C14H20N2O5S/c1-10(2)3-8-14(18)21-9-13(17)16-11-4-6-12(7-5-11)22(15,19)20/h4-7,10H,3,8-9H2,1-2H3,(H,16,17)(H2,15,19,20). The lowest BCUT2D eigenvalue weighted by Crippen LogP contribution is -2.21. The van der Waals surface area contributed by atoms with Gasteiger partial charge in [0.1, 0.15) is 0 Å². The van der Waals surface area contributed by atoms with Crippen molar-refractivity contribution in [3.05, 3.63) is 24.3 Å². The molecule has 1 aromatic rings. The van der Waals surface area contributed by atoms with E-state index in [2.05, 4.69) is 5.32 Å². The van der Waals surface area contributed by atoms with Crippen molar-refractivity contribution in [2.45, 2.75) is 31.6 Å². The van der Waals surface area contributed by atoms with Gasteiger partial charge in [0.25, 0.3) is 5.91 Å². The van der Waals surface area contributed by atoms with Crippen LogP contribution in [0.25, 0.3) is 0 Å². The van der Waals surface area contributed by atoms with E-state index in [1.54, 1.807) is 0 Å². The molecule has 0 heterocycles. The third kappa shape index (κ3) is 6.68. The van der Waals surface area contributed by atoms with Crippen molar-refractivity contribution >= 4 is 27.6 Å². The number of primary sulfonamides is 1. The van der Waals surface area contributed by atoms with Crippen LogP contribution in [0.1, 0.15) is 26.7 Å². The highest BCUT2D eigenvalue weighted by Crippen LogP contribution is 2.12. The first-order valence-electron chi connectivity index (χ1n) is 6.77. The minimum atomic E-state index is -3.77. The van der Waals surface area contributed by atoms with E-state index in [9.17, 15) is 18.0 Å². The largest absolute Gasteiger partial charge is 0.456 e. The van der Waals surface area contributed by atoms with E-state index < -0.39 is 21.9 Å². The number of anilines is 1. The smallest absolute Gasteiger partial charge is 0.306 e. The Morgan fingerprint density at radius 2 is 1.82 bits per heavy atom. The van der Waals surface area contributed by atoms with Crippen LogP contribution < -0.4 is 10.5 Å². The molecule has 1 rings (SSSR count). The molecule has 22 heavy (non-hydrogen) atoms. The average molecular weight is 328 g/mol. The predicted molar refractivity (Wildman–Crippen MR) is 81.5 cm³/mol. The van der Waals surface area contributed by atoms with E-state index in [-0.39, 0.29) is 17.9 Å². The number of rotatable bonds is 7. The number of hydrogen-bond acceptors (Lipinski definition) is 5. The molecule has 7 nitrogen and oxygen atoms in total. The fourth-order valence-electron chi connectivity index (χ4n) is 1.55. The molecule has 0 radical (unpaired) electrons. The summed E-state index contributed by atoms with van der Waals surface area (Å²) in [6.07, 6.45) is 0.976. The molecule has 122 valence electrons. The second kappa shape index (κ2) is 7.90. The summed E-state index contributed by atoms with van der Waals surface area (Å²) in [7, 11) is -3.77. The molecule has 0 aliphatic carbocycles. The molecule has 0 unspecified atom stereocenters. The normalized spacial score (nSPS) is 11.3. The van der Waals surface area contributed by atoms with Gasteiger partial charge >= 0.3 is 5.97 Å². The van der Waals surface area contributed by atoms with Crippen LogP contribution in [0.2, 0.25) is 0 Å². The van der Waals surface area contributed by atoms with Gasteiger partial charge in [0.05, 0.1) is 4.90 Å². The molecule has 0 fully saturated rings. The van der Waals surface area contributed by atoms with E-state index in [0.29, 0.717) is 18.0 Å². The van der Waals surface area contributed by atoms with E-state index >= 15 is 0 Å². The predicted octanol–water partition coefficient (Wildman–Crippen LogP) is 1.25. The minimum absolute atomic E-state index is 0.0504. The Kier molecular flexibility index (Phi) is 6.51. The van der Waals surface area contributed by atoms with Crippen LogP contribution in [0, 0.1) is 5.92 Å². The van der Waals surface area contributed by atoms with Crippen molar-refractivity contribution in [1.29, 1.82) is 0 Å². The zero-order valence-corrected chi connectivity index (χ0v) is 13.4. The molecule has 0 saturated heterocycles. The third-order valence-electron chi connectivity index (χ3n) is 2.76. The Hall–Kier alpha value is -1.93. The van der Waals surface area contributed by atoms with E-state index in [1.807, 2.05) is 13.8 Å². The summed E-state index contributed by atoms with van der Waals surface area (Å²) >= 11 is 0. The second-order valence-electron chi connectivity index (χ2n) is 5.21. The maximum absolute atomic E-state index is 11.6. The molecular formula is C14H20N2O5S. The molecule has 0 spiro atoms. The summed E-state index contributed by atoms with van der Waals surface area (Å²) in [5, 5.41) is 7.46. The van der Waals surface area contributed by atoms with Crippen LogP contribution in [0.15, 0.2) is 29.2 Å². The van der Waals surface area contributed by atoms with Gasteiger partial charge in [-0.25, -0.2) is 13.6 Å². The Morgan fingerprint density at radius 1 is 1.23 bits per heavy atom. The van der Waals surface area contributed by atoms with Crippen molar-refractivity contribution < 1.29 is 22.7 Å². The number of benzene rings is 1. The van der Waals surface area contributed by atoms with E-state index in [1.165, 1.54) is 24.3 Å². The minimum Gasteiger partial charge on any atom is -0.456 e. The number of carbonyl (C=O) groups excluding carboxylic acids is 2. The Morgan fingerprint density at radius 3 is 2.32 bits per heavy atom. The van der Waals surface area contributed by atoms with Gasteiger partial charge in [0, 0.05) is 12.1 Å². The van der Waals surface area contributed by atoms with Crippen molar-refractivity contribution in [3.8, 4) is 0 Å². The van der Waals surface area contributed by atoms with Gasteiger partial charge in [0.15, 0.2) is 6.61 Å². The number of ether oxygens (including phenoxy) is 1. The lowest BCUT2D eigenvalue weighted by atomic mass is 10.1. The quantitative estimate of drug-likeness (QED) is 0.731. The number of hydrogen-bond donors (Lipinski definition) is 2. The van der Waals surface area contributed by atoms with Crippen LogP contribution in [0.3, 0.4) is 0 Å². The highest BCUT2D eigenvalue weighted by atomic mass is 32.2. The zero-order valence-electron chi connectivity index (χ0n) is 12.5. The number of amides is 1. The van der Waals surface area contributed by atoms with Crippen LogP contribution in [0.5, 0.6) is 0 Å². The van der Waals surface area contributed by atoms with Crippen LogP contribution in [-0.2, 0) is 24.3 Å². The van der Waals surface area contributed by atoms with Gasteiger partial charge in [-0.2, -0.15) is 0 Å². The Labute approximate surface area is 129 Å². The first-order chi connectivity index (χ1) is 10.2. The third-order valence-corrected chi connectivity index (χ3v) is 3.69. The van der Waals surface area contributed by atoms with Gasteiger partial charge in [-0.05, 0) is 36.6 Å². The molecule has 8 heteroatoms. The van der Waals surface area contributed by atoms with Crippen molar-refractivity contribution in [1.82, 2.24) is 0 Å². The number of esters is 1. The molecule has 0 aromatic heterocycles. The summed E-state index contributed by atoms with van der Waals surface area (Å²) < 4.78 is 27.0. The number of sulfonamides is 1. The SMILES string of the molecule is CC(C)CCC(=O)OCC(=O)Nc1ccc(S(N)(=O)=O)cc1. The fraction of sp³-hybridized carbons (Fsp3) is 0.429. The van der Waals surface area contributed by atoms with Gasteiger partial charge in [0.2, 0.25) is 10.0 Å². The first-order valence-corrected chi connectivity index (χ1v) is 8.31. The van der Waals surface area contributed by atoms with Gasteiger partial charge < -0.3 is 10.1 Å². The average Bonchev–Trinajstić information content (AvgIpc) is 2.42. The monoisotopic (exact) mass is 328 g/mol. The van der Waals surface area contributed by atoms with Crippen molar-refractivity contribution in [3.63, 3.8) is 0 Å². The Bertz CT molecular complexity index is 623.